The molecule has 8 heteroatoms. The Balaban J connectivity index is 1.25. The number of benzene rings is 3. The van der Waals surface area contributed by atoms with Crippen LogP contribution >= 0.6 is 0 Å². The average Bonchev–Trinajstić information content (AvgIpc) is 3.31. The van der Waals surface area contributed by atoms with Crippen LogP contribution in [0.3, 0.4) is 0 Å². The number of fused-ring (bicyclic) bond motifs is 1. The van der Waals surface area contributed by atoms with Crippen molar-refractivity contribution in [3.63, 3.8) is 0 Å². The summed E-state index contributed by atoms with van der Waals surface area (Å²) in [6, 6.07) is 21.2. The number of anilines is 3. The minimum absolute atomic E-state index is 0.165. The van der Waals surface area contributed by atoms with Crippen molar-refractivity contribution < 1.29 is 15.0 Å². The van der Waals surface area contributed by atoms with E-state index in [9.17, 15) is 15.0 Å². The molecule has 0 atom stereocenters. The Morgan fingerprint density at radius 1 is 0.973 bits per heavy atom. The number of amides is 1. The van der Waals surface area contributed by atoms with Crippen molar-refractivity contribution in [3.8, 4) is 5.69 Å². The Morgan fingerprint density at radius 3 is 2.30 bits per heavy atom. The standard InChI is InChI=1S/C29H33N5O3/c1-29(2,37)19-30-22-5-10-25(11-6-22)34-27-12-7-23(17-21(27)18-31-34)32-28(36)20-3-8-24(9-4-20)33-15-13-26(35)14-16-33/h3-12,17-18,26,30,35,37H,13-16,19H2,1-2H3,(H,32,36). The van der Waals surface area contributed by atoms with Gasteiger partial charge in [-0.15, -0.1) is 0 Å². The SMILES string of the molecule is CC(C)(O)CNc1ccc(-n2ncc3cc(NC(=O)c4ccc(N5CCC(O)CC5)cc4)ccc32)cc1. The Hall–Kier alpha value is -3.88. The van der Waals surface area contributed by atoms with Crippen LogP contribution in [-0.2, 0) is 0 Å². The summed E-state index contributed by atoms with van der Waals surface area (Å²) in [5, 5.41) is 31.3. The molecule has 0 unspecified atom stereocenters. The highest BCUT2D eigenvalue weighted by molar-refractivity contribution is 6.05. The fourth-order valence-electron chi connectivity index (χ4n) is 4.51. The van der Waals surface area contributed by atoms with Crippen molar-refractivity contribution in [2.45, 2.75) is 38.4 Å². The van der Waals surface area contributed by atoms with E-state index in [1.165, 1.54) is 0 Å². The number of carbonyl (C=O) groups excluding carboxylic acids is 1. The molecule has 1 amide bonds. The summed E-state index contributed by atoms with van der Waals surface area (Å²) in [6.07, 6.45) is 3.12. The summed E-state index contributed by atoms with van der Waals surface area (Å²) in [6.45, 7) is 5.63. The van der Waals surface area contributed by atoms with Crippen LogP contribution in [0.4, 0.5) is 17.1 Å². The van der Waals surface area contributed by atoms with Crippen molar-refractivity contribution in [3.05, 3.63) is 78.5 Å². The van der Waals surface area contributed by atoms with Crippen molar-refractivity contribution in [2.75, 3.05) is 35.2 Å². The van der Waals surface area contributed by atoms with Gasteiger partial charge in [-0.25, -0.2) is 4.68 Å². The molecule has 1 saturated heterocycles. The number of nitrogens with one attached hydrogen (secondary N) is 2. The van der Waals surface area contributed by atoms with Crippen LogP contribution in [0.25, 0.3) is 16.6 Å². The number of hydrogen-bond donors (Lipinski definition) is 4. The maximum Gasteiger partial charge on any atom is 0.255 e. The summed E-state index contributed by atoms with van der Waals surface area (Å²) in [7, 11) is 0. The monoisotopic (exact) mass is 499 g/mol. The molecule has 4 aromatic rings. The lowest BCUT2D eigenvalue weighted by Gasteiger charge is -2.31. The van der Waals surface area contributed by atoms with Crippen LogP contribution in [0.2, 0.25) is 0 Å². The van der Waals surface area contributed by atoms with Crippen molar-refractivity contribution >= 4 is 33.9 Å². The Kier molecular flexibility index (Phi) is 6.86. The van der Waals surface area contributed by atoms with Crippen LogP contribution in [0.1, 0.15) is 37.0 Å². The largest absolute Gasteiger partial charge is 0.393 e. The lowest BCUT2D eigenvalue weighted by molar-refractivity contribution is 0.0944. The lowest BCUT2D eigenvalue weighted by Crippen LogP contribution is -2.35. The predicted molar refractivity (Wildman–Crippen MR) is 148 cm³/mol. The van der Waals surface area contributed by atoms with Gasteiger partial charge in [0.25, 0.3) is 5.91 Å². The van der Waals surface area contributed by atoms with Gasteiger partial charge in [-0.3, -0.25) is 4.79 Å². The van der Waals surface area contributed by atoms with E-state index < -0.39 is 5.60 Å². The van der Waals surface area contributed by atoms with E-state index >= 15 is 0 Å². The highest BCUT2D eigenvalue weighted by atomic mass is 16.3. The zero-order chi connectivity index (χ0) is 26.0. The smallest absolute Gasteiger partial charge is 0.255 e. The number of aromatic nitrogens is 2. The van der Waals surface area contributed by atoms with Gasteiger partial charge in [0.05, 0.1) is 29.1 Å². The summed E-state index contributed by atoms with van der Waals surface area (Å²) in [4.78, 5) is 15.1. The second-order valence-electron chi connectivity index (χ2n) is 10.3. The first-order valence-corrected chi connectivity index (χ1v) is 12.6. The molecule has 0 spiro atoms. The van der Waals surface area contributed by atoms with Crippen LogP contribution in [0.5, 0.6) is 0 Å². The minimum Gasteiger partial charge on any atom is -0.393 e. The number of nitrogens with zero attached hydrogens (tertiary/aromatic N) is 3. The first-order chi connectivity index (χ1) is 17.7. The second-order valence-corrected chi connectivity index (χ2v) is 10.3. The molecule has 0 bridgehead atoms. The molecule has 2 heterocycles. The molecule has 1 aliphatic heterocycles. The summed E-state index contributed by atoms with van der Waals surface area (Å²) in [5.74, 6) is -0.165. The van der Waals surface area contributed by atoms with Crippen LogP contribution < -0.4 is 15.5 Å². The lowest BCUT2D eigenvalue weighted by atomic mass is 10.1. The summed E-state index contributed by atoms with van der Waals surface area (Å²) < 4.78 is 1.86. The maximum absolute atomic E-state index is 12.9. The maximum atomic E-state index is 12.9. The number of hydrogen-bond acceptors (Lipinski definition) is 6. The first-order valence-electron chi connectivity index (χ1n) is 12.6. The molecule has 1 aromatic heterocycles. The van der Waals surface area contributed by atoms with Gasteiger partial charge in [-0.1, -0.05) is 0 Å². The van der Waals surface area contributed by atoms with Gasteiger partial charge in [-0.05, 0) is 93.4 Å². The van der Waals surface area contributed by atoms with E-state index in [1.807, 2.05) is 71.4 Å². The van der Waals surface area contributed by atoms with Gasteiger partial charge in [0.2, 0.25) is 0 Å². The van der Waals surface area contributed by atoms with Gasteiger partial charge < -0.3 is 25.7 Å². The molecule has 192 valence electrons. The van der Waals surface area contributed by atoms with Gasteiger partial charge in [-0.2, -0.15) is 5.10 Å². The van der Waals surface area contributed by atoms with Crippen molar-refractivity contribution in [1.82, 2.24) is 9.78 Å². The Morgan fingerprint density at radius 2 is 1.62 bits per heavy atom. The van der Waals surface area contributed by atoms with Crippen LogP contribution in [0, 0.1) is 0 Å². The molecule has 0 saturated carbocycles. The number of aliphatic hydroxyl groups is 2. The van der Waals surface area contributed by atoms with E-state index in [4.69, 9.17) is 0 Å². The van der Waals surface area contributed by atoms with Gasteiger partial charge in [0.15, 0.2) is 0 Å². The molecule has 3 aromatic carbocycles. The second kappa shape index (κ2) is 10.2. The molecule has 0 aliphatic carbocycles. The fourth-order valence-corrected chi connectivity index (χ4v) is 4.51. The molecular formula is C29H33N5O3. The van der Waals surface area contributed by atoms with E-state index in [-0.39, 0.29) is 12.0 Å². The predicted octanol–water partition coefficient (Wildman–Crippen LogP) is 4.42. The number of aliphatic hydroxyl groups excluding tert-OH is 1. The van der Waals surface area contributed by atoms with Gasteiger partial charge in [0, 0.05) is 47.6 Å². The molecular weight excluding hydrogens is 466 g/mol. The topological polar surface area (TPSA) is 103 Å². The van der Waals surface area contributed by atoms with E-state index in [2.05, 4.69) is 20.6 Å². The van der Waals surface area contributed by atoms with Crippen molar-refractivity contribution in [2.24, 2.45) is 0 Å². The average molecular weight is 500 g/mol. The third-order valence-corrected chi connectivity index (χ3v) is 6.62. The minimum atomic E-state index is -0.786. The van der Waals surface area contributed by atoms with Crippen LogP contribution in [-0.4, -0.2) is 57.2 Å². The molecule has 1 aliphatic rings. The first kappa shape index (κ1) is 24.8. The van der Waals surface area contributed by atoms with Gasteiger partial charge >= 0.3 is 0 Å². The van der Waals surface area contributed by atoms with E-state index in [0.717, 1.165) is 53.9 Å². The fraction of sp³-hybridized carbons (Fsp3) is 0.310. The van der Waals surface area contributed by atoms with Crippen LogP contribution in [0.15, 0.2) is 72.9 Å². The number of carbonyl (C=O) groups is 1. The van der Waals surface area contributed by atoms with E-state index in [0.29, 0.717) is 17.8 Å². The quantitative estimate of drug-likeness (QED) is 0.300. The molecule has 4 N–H and O–H groups in total. The molecule has 5 rings (SSSR count). The zero-order valence-electron chi connectivity index (χ0n) is 21.2. The third kappa shape index (κ3) is 5.93. The van der Waals surface area contributed by atoms with Gasteiger partial charge in [0.1, 0.15) is 0 Å². The normalized spacial score (nSPS) is 14.6. The van der Waals surface area contributed by atoms with E-state index in [1.54, 1.807) is 20.0 Å². The number of rotatable bonds is 7. The zero-order valence-corrected chi connectivity index (χ0v) is 21.2. The highest BCUT2D eigenvalue weighted by Crippen LogP contribution is 2.24. The Labute approximate surface area is 216 Å². The summed E-state index contributed by atoms with van der Waals surface area (Å²) >= 11 is 0. The Bertz CT molecular complexity index is 1370. The third-order valence-electron chi connectivity index (χ3n) is 6.62. The molecule has 8 nitrogen and oxygen atoms in total. The van der Waals surface area contributed by atoms with Crippen molar-refractivity contribution in [1.29, 1.82) is 0 Å². The number of piperidine rings is 1. The molecule has 37 heavy (non-hydrogen) atoms. The summed E-state index contributed by atoms with van der Waals surface area (Å²) in [5.41, 5.74) is 4.36. The highest BCUT2D eigenvalue weighted by Gasteiger charge is 2.18. The molecule has 0 radical (unpaired) electrons. The molecule has 1 fully saturated rings.